The van der Waals surface area contributed by atoms with Crippen LogP contribution in [0.1, 0.15) is 39.7 Å². The van der Waals surface area contributed by atoms with Gasteiger partial charge in [0.05, 0.1) is 11.1 Å². The maximum atomic E-state index is 13.2. The average molecular weight is 418 g/mol. The summed E-state index contributed by atoms with van der Waals surface area (Å²) in [7, 11) is 0. The van der Waals surface area contributed by atoms with Crippen molar-refractivity contribution in [3.63, 3.8) is 0 Å². The van der Waals surface area contributed by atoms with E-state index in [9.17, 15) is 9.59 Å². The summed E-state index contributed by atoms with van der Waals surface area (Å²) in [6, 6.07) is 13.4. The average Bonchev–Trinajstić information content (AvgIpc) is 2.78. The Hall–Kier alpha value is -3.25. The van der Waals surface area contributed by atoms with Gasteiger partial charge in [0.1, 0.15) is 0 Å². The normalized spacial score (nSPS) is 13.6. The van der Waals surface area contributed by atoms with Gasteiger partial charge in [0.15, 0.2) is 6.61 Å². The van der Waals surface area contributed by atoms with Crippen molar-refractivity contribution in [2.45, 2.75) is 33.7 Å². The molecule has 1 N–H and O–H groups in total. The zero-order valence-electron chi connectivity index (χ0n) is 18.2. The molecule has 6 heteroatoms. The van der Waals surface area contributed by atoms with Gasteiger partial charge in [0, 0.05) is 41.8 Å². The topological polar surface area (TPSA) is 71.5 Å². The number of nitrogens with one attached hydrogen (secondary N) is 1. The van der Waals surface area contributed by atoms with E-state index in [2.05, 4.69) is 17.1 Å². The third kappa shape index (κ3) is 4.30. The number of hydrogen-bond acceptors (Lipinski definition) is 5. The number of pyridine rings is 1. The predicted octanol–water partition coefficient (Wildman–Crippen LogP) is 4.03. The molecule has 0 spiro atoms. The molecule has 0 unspecified atom stereocenters. The lowest BCUT2D eigenvalue weighted by Crippen LogP contribution is -2.32. The highest BCUT2D eigenvalue weighted by molar-refractivity contribution is 6.06. The molecule has 3 aromatic rings. The first-order chi connectivity index (χ1) is 15.0. The maximum absolute atomic E-state index is 13.2. The second-order valence-corrected chi connectivity index (χ2v) is 7.94. The van der Waals surface area contributed by atoms with E-state index >= 15 is 0 Å². The Kier molecular flexibility index (Phi) is 6.00. The van der Waals surface area contributed by atoms with Crippen molar-refractivity contribution in [1.82, 2.24) is 9.88 Å². The molecule has 2 heterocycles. The van der Waals surface area contributed by atoms with E-state index in [1.165, 1.54) is 0 Å². The van der Waals surface area contributed by atoms with Crippen molar-refractivity contribution in [3.8, 4) is 0 Å². The number of ether oxygens (including phenoxy) is 1. The van der Waals surface area contributed by atoms with Gasteiger partial charge in [-0.2, -0.15) is 0 Å². The van der Waals surface area contributed by atoms with Crippen LogP contribution in [0, 0.1) is 13.8 Å². The lowest BCUT2D eigenvalue weighted by Gasteiger charge is -2.28. The second-order valence-electron chi connectivity index (χ2n) is 7.94. The minimum atomic E-state index is -0.482. The van der Waals surface area contributed by atoms with Gasteiger partial charge >= 0.3 is 5.97 Å². The van der Waals surface area contributed by atoms with Crippen LogP contribution in [0.4, 0.5) is 5.69 Å². The number of fused-ring (bicyclic) bond motifs is 2. The van der Waals surface area contributed by atoms with E-state index in [0.29, 0.717) is 12.1 Å². The molecule has 0 fully saturated rings. The van der Waals surface area contributed by atoms with Crippen molar-refractivity contribution >= 4 is 28.5 Å². The van der Waals surface area contributed by atoms with Gasteiger partial charge in [0.2, 0.25) is 0 Å². The lowest BCUT2D eigenvalue weighted by atomic mass is 9.96. The minimum absolute atomic E-state index is 0.338. The van der Waals surface area contributed by atoms with Gasteiger partial charge in [-0.1, -0.05) is 43.3 Å². The molecule has 0 atom stereocenters. The highest BCUT2D eigenvalue weighted by atomic mass is 16.5. The number of aryl methyl sites for hydroxylation is 2. The van der Waals surface area contributed by atoms with E-state index in [0.717, 1.165) is 58.5 Å². The van der Waals surface area contributed by atoms with Crippen molar-refractivity contribution < 1.29 is 14.3 Å². The molecule has 160 valence electrons. The highest BCUT2D eigenvalue weighted by Crippen LogP contribution is 2.29. The van der Waals surface area contributed by atoms with Gasteiger partial charge in [0.25, 0.3) is 5.91 Å². The Morgan fingerprint density at radius 3 is 2.58 bits per heavy atom. The quantitative estimate of drug-likeness (QED) is 0.635. The summed E-state index contributed by atoms with van der Waals surface area (Å²) in [5.74, 6) is -0.836. The molecule has 31 heavy (non-hydrogen) atoms. The number of anilines is 1. The lowest BCUT2D eigenvalue weighted by molar-refractivity contribution is -0.119. The maximum Gasteiger partial charge on any atom is 0.339 e. The summed E-state index contributed by atoms with van der Waals surface area (Å²) in [6.07, 6.45) is 0.793. The monoisotopic (exact) mass is 417 g/mol. The molecular formula is C25H27N3O3. The van der Waals surface area contributed by atoms with Crippen molar-refractivity contribution in [2.75, 3.05) is 25.0 Å². The summed E-state index contributed by atoms with van der Waals surface area (Å²) in [4.78, 5) is 32.7. The first kappa shape index (κ1) is 21.0. The van der Waals surface area contributed by atoms with Crippen LogP contribution in [-0.2, 0) is 22.5 Å². The third-order valence-corrected chi connectivity index (χ3v) is 5.86. The largest absolute Gasteiger partial charge is 0.452 e. The Labute approximate surface area is 182 Å². The van der Waals surface area contributed by atoms with E-state index in [1.54, 1.807) is 0 Å². The molecule has 0 saturated carbocycles. The Morgan fingerprint density at radius 2 is 1.84 bits per heavy atom. The third-order valence-electron chi connectivity index (χ3n) is 5.86. The number of nitrogens with zero attached hydrogens (tertiary/aromatic N) is 2. The zero-order chi connectivity index (χ0) is 22.0. The fourth-order valence-corrected chi connectivity index (χ4v) is 4.14. The molecule has 1 amide bonds. The van der Waals surface area contributed by atoms with Crippen LogP contribution in [0.15, 0.2) is 42.5 Å². The summed E-state index contributed by atoms with van der Waals surface area (Å²) in [5.41, 5.74) is 5.84. The number of hydrogen-bond donors (Lipinski definition) is 1. The van der Waals surface area contributed by atoms with Crippen LogP contribution >= 0.6 is 0 Å². The van der Waals surface area contributed by atoms with E-state index in [1.807, 2.05) is 56.3 Å². The summed E-state index contributed by atoms with van der Waals surface area (Å²) >= 11 is 0. The smallest absolute Gasteiger partial charge is 0.339 e. The number of amides is 1. The molecular weight excluding hydrogens is 390 g/mol. The zero-order valence-corrected chi connectivity index (χ0v) is 18.2. The minimum Gasteiger partial charge on any atom is -0.452 e. The van der Waals surface area contributed by atoms with Crippen molar-refractivity contribution in [1.29, 1.82) is 0 Å². The molecule has 1 aliphatic rings. The Balaban J connectivity index is 1.58. The van der Waals surface area contributed by atoms with Crippen molar-refractivity contribution in [2.24, 2.45) is 0 Å². The number of likely N-dealkylation sites (N-methyl/N-ethyl adjacent to an activating group) is 1. The van der Waals surface area contributed by atoms with E-state index in [4.69, 9.17) is 9.72 Å². The SMILES string of the molecule is CCN1CCc2nc3ccccc3c(C(=O)OCC(=O)Nc3c(C)cccc3C)c2C1. The number of rotatable bonds is 5. The van der Waals surface area contributed by atoms with E-state index in [-0.39, 0.29) is 12.5 Å². The standard InChI is InChI=1S/C25H27N3O3/c1-4-28-13-12-21-19(14-28)23(18-10-5-6-11-20(18)26-21)25(30)31-15-22(29)27-24-16(2)8-7-9-17(24)3/h5-11H,4,12-15H2,1-3H3,(H,27,29). The number of carbonyl (C=O) groups is 2. The summed E-state index contributed by atoms with van der Waals surface area (Å²) < 4.78 is 5.49. The molecule has 0 aliphatic carbocycles. The molecule has 0 bridgehead atoms. The fourth-order valence-electron chi connectivity index (χ4n) is 4.14. The molecule has 1 aliphatic heterocycles. The van der Waals surface area contributed by atoms with Crippen LogP contribution in [0.2, 0.25) is 0 Å². The molecule has 4 rings (SSSR count). The Bertz CT molecular complexity index is 1140. The number of aromatic nitrogens is 1. The van der Waals surface area contributed by atoms with Crippen LogP contribution < -0.4 is 5.32 Å². The van der Waals surface area contributed by atoms with Gasteiger partial charge < -0.3 is 10.1 Å². The Morgan fingerprint density at radius 1 is 1.10 bits per heavy atom. The van der Waals surface area contributed by atoms with Gasteiger partial charge in [-0.3, -0.25) is 14.7 Å². The van der Waals surface area contributed by atoms with Crippen LogP contribution in [0.3, 0.4) is 0 Å². The molecule has 0 radical (unpaired) electrons. The fraction of sp³-hybridized carbons (Fsp3) is 0.320. The molecule has 0 saturated heterocycles. The first-order valence-corrected chi connectivity index (χ1v) is 10.6. The predicted molar refractivity (Wildman–Crippen MR) is 121 cm³/mol. The van der Waals surface area contributed by atoms with E-state index < -0.39 is 5.97 Å². The van der Waals surface area contributed by atoms with Gasteiger partial charge in [-0.25, -0.2) is 4.79 Å². The van der Waals surface area contributed by atoms with Crippen LogP contribution in [-0.4, -0.2) is 41.5 Å². The highest BCUT2D eigenvalue weighted by Gasteiger charge is 2.26. The van der Waals surface area contributed by atoms with Crippen molar-refractivity contribution in [3.05, 3.63) is 70.4 Å². The number of esters is 1. The number of carbonyl (C=O) groups excluding carboxylic acids is 2. The molecule has 1 aromatic heterocycles. The van der Waals surface area contributed by atoms with Crippen LogP contribution in [0.5, 0.6) is 0 Å². The summed E-state index contributed by atoms with van der Waals surface area (Å²) in [5, 5.41) is 3.63. The number of benzene rings is 2. The van der Waals surface area contributed by atoms with Gasteiger partial charge in [-0.15, -0.1) is 0 Å². The molecule has 6 nitrogen and oxygen atoms in total. The van der Waals surface area contributed by atoms with Crippen LogP contribution in [0.25, 0.3) is 10.9 Å². The summed E-state index contributed by atoms with van der Waals surface area (Å²) in [6.45, 7) is 8.11. The second kappa shape index (κ2) is 8.86. The number of para-hydroxylation sites is 2. The molecule has 2 aromatic carbocycles. The first-order valence-electron chi connectivity index (χ1n) is 10.6. The van der Waals surface area contributed by atoms with Gasteiger partial charge in [-0.05, 0) is 37.6 Å².